The molecule has 272 valence electrons. The summed E-state index contributed by atoms with van der Waals surface area (Å²) in [6.07, 6.45) is -2.48. The number of hydrogen-bond donors (Lipinski definition) is 5. The van der Waals surface area contributed by atoms with E-state index in [1.165, 1.54) is 0 Å². The number of aliphatic hydroxyl groups excluding tert-OH is 1. The molecule has 0 rings (SSSR count). The van der Waals surface area contributed by atoms with E-state index in [1.807, 2.05) is 27.7 Å². The van der Waals surface area contributed by atoms with Gasteiger partial charge in [0.1, 0.15) is 24.4 Å². The van der Waals surface area contributed by atoms with Gasteiger partial charge in [0.25, 0.3) is 0 Å². The predicted octanol–water partition coefficient (Wildman–Crippen LogP) is 3.46. The Balaban J connectivity index is 5.77. The van der Waals surface area contributed by atoms with Gasteiger partial charge in [0, 0.05) is 6.54 Å². The maximum atomic E-state index is 13.5. The van der Waals surface area contributed by atoms with Gasteiger partial charge in [-0.25, -0.2) is 9.59 Å². The molecule has 0 fully saturated rings. The highest BCUT2D eigenvalue weighted by Gasteiger charge is 2.32. The lowest BCUT2D eigenvalue weighted by atomic mass is 9.97. The van der Waals surface area contributed by atoms with Crippen LogP contribution >= 0.6 is 0 Å². The van der Waals surface area contributed by atoms with E-state index in [4.69, 9.17) is 19.9 Å². The molecule has 0 aliphatic heterocycles. The summed E-state index contributed by atoms with van der Waals surface area (Å²) in [4.78, 5) is 74.5. The zero-order valence-electron chi connectivity index (χ0n) is 29.4. The minimum absolute atomic E-state index is 0.0600. The third-order valence-electron chi connectivity index (χ3n) is 8.53. The quantitative estimate of drug-likeness (QED) is 0.0567. The van der Waals surface area contributed by atoms with Crippen molar-refractivity contribution in [3.63, 3.8) is 0 Å². The fraction of sp³-hybridized carbons (Fsp3) is 0.818. The van der Waals surface area contributed by atoms with E-state index < -0.39 is 66.3 Å². The molecule has 47 heavy (non-hydrogen) atoms. The van der Waals surface area contributed by atoms with Crippen LogP contribution in [0, 0.1) is 23.7 Å². The van der Waals surface area contributed by atoms with Crippen molar-refractivity contribution in [3.05, 3.63) is 0 Å². The van der Waals surface area contributed by atoms with Gasteiger partial charge < -0.3 is 40.8 Å². The fourth-order valence-electron chi connectivity index (χ4n) is 4.51. The van der Waals surface area contributed by atoms with Gasteiger partial charge >= 0.3 is 29.9 Å². The highest BCUT2D eigenvalue weighted by Crippen LogP contribution is 2.22. The van der Waals surface area contributed by atoms with Crippen LogP contribution in [-0.4, -0.2) is 83.0 Å². The Hall–Kier alpha value is -3.42. The molecule has 0 aromatic rings. The van der Waals surface area contributed by atoms with Crippen LogP contribution in [0.3, 0.4) is 0 Å². The summed E-state index contributed by atoms with van der Waals surface area (Å²) in [6.45, 7) is 14.7. The van der Waals surface area contributed by atoms with Crippen LogP contribution in [0.4, 0.5) is 4.79 Å². The van der Waals surface area contributed by atoms with Crippen LogP contribution in [0.5, 0.6) is 0 Å². The number of aliphatic hydroxyl groups is 1. The van der Waals surface area contributed by atoms with Crippen molar-refractivity contribution in [2.24, 2.45) is 29.4 Å². The number of rotatable bonds is 24. The maximum absolute atomic E-state index is 13.5. The van der Waals surface area contributed by atoms with E-state index in [2.05, 4.69) is 10.6 Å². The number of nitrogens with two attached hydrogens (primary N) is 1. The third-order valence-corrected chi connectivity index (χ3v) is 8.53. The van der Waals surface area contributed by atoms with Crippen LogP contribution in [0.1, 0.15) is 113 Å². The molecule has 0 saturated heterocycles. The summed E-state index contributed by atoms with van der Waals surface area (Å²) in [5.41, 5.74) is 5.13. The van der Waals surface area contributed by atoms with Crippen LogP contribution < -0.4 is 16.4 Å². The van der Waals surface area contributed by atoms with E-state index in [9.17, 15) is 39.0 Å². The first-order valence-corrected chi connectivity index (χ1v) is 16.8. The second-order valence-electron chi connectivity index (χ2n) is 12.8. The second-order valence-corrected chi connectivity index (χ2v) is 12.8. The molecule has 0 saturated carbocycles. The van der Waals surface area contributed by atoms with E-state index >= 15 is 0 Å². The Morgan fingerprint density at radius 2 is 1.21 bits per heavy atom. The first-order chi connectivity index (χ1) is 21.9. The van der Waals surface area contributed by atoms with Gasteiger partial charge in [-0.3, -0.25) is 19.2 Å². The van der Waals surface area contributed by atoms with Gasteiger partial charge in [-0.1, -0.05) is 74.7 Å². The molecular weight excluding hydrogens is 614 g/mol. The largest absolute Gasteiger partial charge is 0.481 e. The lowest BCUT2D eigenvalue weighted by Gasteiger charge is -2.28. The van der Waals surface area contributed by atoms with E-state index in [-0.39, 0.29) is 68.7 Å². The zero-order chi connectivity index (χ0) is 36.3. The van der Waals surface area contributed by atoms with Crippen molar-refractivity contribution in [3.8, 4) is 0 Å². The minimum Gasteiger partial charge on any atom is -0.481 e. The Bertz CT molecular complexity index is 1010. The Morgan fingerprint density at radius 1 is 0.702 bits per heavy atom. The number of esters is 3. The molecule has 14 heteroatoms. The first kappa shape index (κ1) is 43.6. The number of hydrogen-bond acceptors (Lipinski definition) is 10. The first-order valence-electron chi connectivity index (χ1n) is 16.8. The molecule has 0 aromatic carbocycles. The average Bonchev–Trinajstić information content (AvgIpc) is 2.99. The number of carboxylic acid groups (broad SMARTS) is 1. The van der Waals surface area contributed by atoms with Crippen LogP contribution in [0.2, 0.25) is 0 Å². The molecule has 0 aliphatic rings. The summed E-state index contributed by atoms with van der Waals surface area (Å²) in [7, 11) is 0. The molecule has 0 heterocycles. The lowest BCUT2D eigenvalue weighted by Crippen LogP contribution is -2.46. The summed E-state index contributed by atoms with van der Waals surface area (Å²) >= 11 is 0. The van der Waals surface area contributed by atoms with Gasteiger partial charge in [0.15, 0.2) is 0 Å². The van der Waals surface area contributed by atoms with E-state index in [0.29, 0.717) is 19.3 Å². The Morgan fingerprint density at radius 3 is 1.70 bits per heavy atom. The monoisotopic (exact) mass is 673 g/mol. The molecule has 0 spiro atoms. The number of aliphatic carboxylic acids is 1. The fourth-order valence-corrected chi connectivity index (χ4v) is 4.51. The number of urea groups is 1. The second kappa shape index (κ2) is 23.0. The average molecular weight is 674 g/mol. The number of amides is 3. The van der Waals surface area contributed by atoms with Crippen molar-refractivity contribution in [1.82, 2.24) is 10.6 Å². The van der Waals surface area contributed by atoms with Crippen molar-refractivity contribution < 1.29 is 53.2 Å². The highest BCUT2D eigenvalue weighted by atomic mass is 16.6. The summed E-state index contributed by atoms with van der Waals surface area (Å²) in [5.74, 6) is -4.69. The normalized spacial score (nSPS) is 16.4. The summed E-state index contributed by atoms with van der Waals surface area (Å²) in [5, 5.41) is 24.5. The Labute approximate surface area is 279 Å². The molecule has 0 aliphatic carbocycles. The number of ether oxygens (including phenoxy) is 3. The zero-order valence-corrected chi connectivity index (χ0v) is 29.4. The van der Waals surface area contributed by atoms with Crippen molar-refractivity contribution in [2.45, 2.75) is 144 Å². The molecular formula is C33H59N3O11. The minimum atomic E-state index is -1.17. The van der Waals surface area contributed by atoms with Crippen molar-refractivity contribution >= 4 is 35.8 Å². The molecule has 14 nitrogen and oxygen atoms in total. The van der Waals surface area contributed by atoms with Crippen LogP contribution in [-0.2, 0) is 38.2 Å². The number of carbonyl (C=O) groups excluding carboxylic acids is 5. The molecule has 3 amide bonds. The van der Waals surface area contributed by atoms with Gasteiger partial charge in [0.2, 0.25) is 5.91 Å². The molecule has 8 atom stereocenters. The molecule has 0 bridgehead atoms. The molecule has 0 aromatic heterocycles. The van der Waals surface area contributed by atoms with Crippen molar-refractivity contribution in [1.29, 1.82) is 0 Å². The lowest BCUT2D eigenvalue weighted by molar-refractivity contribution is -0.165. The topological polar surface area (TPSA) is 221 Å². The molecule has 8 unspecified atom stereocenters. The third kappa shape index (κ3) is 18.5. The van der Waals surface area contributed by atoms with Crippen LogP contribution in [0.15, 0.2) is 0 Å². The van der Waals surface area contributed by atoms with Crippen LogP contribution in [0.25, 0.3) is 0 Å². The molecule has 6 N–H and O–H groups in total. The van der Waals surface area contributed by atoms with Gasteiger partial charge in [-0.2, -0.15) is 0 Å². The van der Waals surface area contributed by atoms with Gasteiger partial charge in [-0.15, -0.1) is 0 Å². The SMILES string of the molecule is CCC(C)C(O)CC(=O)OC(CC(=O)NC(CCCNC(N)=O)C(=O)OC(CC(=O)OC(CC(=O)O)C(C)CC)C(C)CC)C(C)C. The number of carboxylic acids is 1. The number of nitrogens with one attached hydrogen (secondary N) is 2. The smallest absolute Gasteiger partial charge is 0.328 e. The van der Waals surface area contributed by atoms with E-state index in [1.54, 1.807) is 27.7 Å². The van der Waals surface area contributed by atoms with Crippen molar-refractivity contribution in [2.75, 3.05) is 6.54 Å². The summed E-state index contributed by atoms with van der Waals surface area (Å²) < 4.78 is 16.8. The predicted molar refractivity (Wildman–Crippen MR) is 174 cm³/mol. The van der Waals surface area contributed by atoms with Gasteiger partial charge in [-0.05, 0) is 36.5 Å². The molecule has 0 radical (unpaired) electrons. The number of carbonyl (C=O) groups is 6. The number of primary amides is 1. The van der Waals surface area contributed by atoms with E-state index in [0.717, 1.165) is 0 Å². The standard InChI is InChI=1S/C33H59N3O11/c1-9-20(6)24(37)15-30(41)45-25(19(4)5)16-28(38)36-23(13-12-14-35-33(34)44)32(43)47-27(22(8)11-3)18-31(42)46-26(17-29(39)40)21(7)10-2/h19-27,37H,9-18H2,1-8H3,(H,36,38)(H,39,40)(H3,34,35,44). The maximum Gasteiger partial charge on any atom is 0.328 e. The highest BCUT2D eigenvalue weighted by molar-refractivity contribution is 5.85. The van der Waals surface area contributed by atoms with Gasteiger partial charge in [0.05, 0.1) is 31.8 Å². The Kier molecular flexibility index (Phi) is 21.3. The summed E-state index contributed by atoms with van der Waals surface area (Å²) in [6, 6.07) is -1.92.